The Hall–Kier alpha value is -2.52. The Bertz CT molecular complexity index is 1220. The first-order valence-corrected chi connectivity index (χ1v) is 12.7. The summed E-state index contributed by atoms with van der Waals surface area (Å²) < 4.78 is 9.58. The molecule has 3 aromatic heterocycles. The van der Waals surface area contributed by atoms with Gasteiger partial charge in [0, 0.05) is 62.9 Å². The van der Waals surface area contributed by atoms with Crippen LogP contribution in [0, 0.1) is 26.2 Å². The number of fused-ring (bicyclic) bond motifs is 2. The zero-order valence-corrected chi connectivity index (χ0v) is 21.0. The van der Waals surface area contributed by atoms with Gasteiger partial charge in [0.2, 0.25) is 0 Å². The van der Waals surface area contributed by atoms with Gasteiger partial charge < -0.3 is 14.5 Å². The fraction of sp³-hybridized carbons (Fsp3) is 0.680. The highest BCUT2D eigenvalue weighted by Crippen LogP contribution is 2.37. The molecule has 3 aliphatic rings. The molecule has 0 aromatic carbocycles. The molecule has 9 nitrogen and oxygen atoms in total. The normalized spacial score (nSPS) is 19.5. The van der Waals surface area contributed by atoms with Gasteiger partial charge in [0.1, 0.15) is 16.9 Å². The first kappa shape index (κ1) is 22.0. The number of anilines is 1. The molecule has 0 bridgehead atoms. The third-order valence-corrected chi connectivity index (χ3v) is 7.86. The lowest BCUT2D eigenvalue weighted by atomic mass is 9.78. The number of unbranched alkanes of at least 4 members (excludes halogenated alkanes) is 2. The van der Waals surface area contributed by atoms with Crippen molar-refractivity contribution in [2.75, 3.05) is 44.3 Å². The van der Waals surface area contributed by atoms with Gasteiger partial charge >= 0.3 is 0 Å². The maximum Gasteiger partial charge on any atom is 0.158 e. The molecule has 0 aliphatic carbocycles. The van der Waals surface area contributed by atoms with E-state index in [0.29, 0.717) is 5.41 Å². The van der Waals surface area contributed by atoms with E-state index in [9.17, 15) is 0 Å². The fourth-order valence-corrected chi connectivity index (χ4v) is 6.08. The van der Waals surface area contributed by atoms with E-state index < -0.39 is 0 Å². The Morgan fingerprint density at radius 2 is 1.74 bits per heavy atom. The molecule has 0 unspecified atom stereocenters. The molecular formula is C25H36N8O. The van der Waals surface area contributed by atoms with E-state index in [4.69, 9.17) is 14.8 Å². The summed E-state index contributed by atoms with van der Waals surface area (Å²) in [7, 11) is 1.98. The number of aromatic nitrogens is 6. The van der Waals surface area contributed by atoms with Crippen molar-refractivity contribution < 1.29 is 4.74 Å². The van der Waals surface area contributed by atoms with Crippen molar-refractivity contribution >= 4 is 16.9 Å². The van der Waals surface area contributed by atoms with Crippen LogP contribution in [-0.4, -0.2) is 73.8 Å². The van der Waals surface area contributed by atoms with E-state index in [1.165, 1.54) is 50.2 Å². The maximum absolute atomic E-state index is 5.38. The van der Waals surface area contributed by atoms with Crippen molar-refractivity contribution in [2.24, 2.45) is 12.5 Å². The molecule has 2 fully saturated rings. The van der Waals surface area contributed by atoms with Crippen molar-refractivity contribution in [1.29, 1.82) is 0 Å². The van der Waals surface area contributed by atoms with Crippen molar-refractivity contribution in [3.8, 4) is 0 Å². The van der Waals surface area contributed by atoms with Crippen LogP contribution in [0.3, 0.4) is 0 Å². The minimum Gasteiger partial charge on any atom is -0.380 e. The van der Waals surface area contributed by atoms with Gasteiger partial charge in [0.15, 0.2) is 5.82 Å². The lowest BCUT2D eigenvalue weighted by molar-refractivity contribution is -0.188. The Kier molecular flexibility index (Phi) is 5.37. The predicted octanol–water partition coefficient (Wildman–Crippen LogP) is 2.55. The largest absolute Gasteiger partial charge is 0.380 e. The Morgan fingerprint density at radius 3 is 2.50 bits per heavy atom. The number of aryl methyl sites for hydroxylation is 5. The summed E-state index contributed by atoms with van der Waals surface area (Å²) in [5.74, 6) is 1.79. The van der Waals surface area contributed by atoms with Crippen LogP contribution in [0.1, 0.15) is 47.7 Å². The maximum atomic E-state index is 5.38. The molecule has 182 valence electrons. The van der Waals surface area contributed by atoms with E-state index in [1.54, 1.807) is 0 Å². The molecular weight excluding hydrogens is 428 g/mol. The number of ether oxygens (including phenoxy) is 1. The second-order valence-electron chi connectivity index (χ2n) is 10.7. The Balaban J connectivity index is 1.09. The average Bonchev–Trinajstić information content (AvgIpc) is 3.22. The molecule has 6 heterocycles. The number of likely N-dealkylation sites (tertiary alicyclic amines) is 1. The van der Waals surface area contributed by atoms with Crippen molar-refractivity contribution in [1.82, 2.24) is 34.4 Å². The summed E-state index contributed by atoms with van der Waals surface area (Å²) >= 11 is 0. The van der Waals surface area contributed by atoms with Gasteiger partial charge in [0.25, 0.3) is 0 Å². The van der Waals surface area contributed by atoms with Gasteiger partial charge in [-0.25, -0.2) is 9.97 Å². The van der Waals surface area contributed by atoms with E-state index >= 15 is 0 Å². The van der Waals surface area contributed by atoms with Crippen LogP contribution in [-0.2, 0) is 31.3 Å². The van der Waals surface area contributed by atoms with Crippen molar-refractivity contribution in [2.45, 2.75) is 59.5 Å². The SMILES string of the molecule is Cc1nc(N2CCc3c(c(C)nn3CCCCCN3CC4(COC4)C3)C2)c2c(n1)c(C)nn2C. The van der Waals surface area contributed by atoms with Crippen LogP contribution < -0.4 is 4.90 Å². The Morgan fingerprint density at radius 1 is 0.941 bits per heavy atom. The molecule has 6 rings (SSSR count). The molecule has 3 aliphatic heterocycles. The third-order valence-electron chi connectivity index (χ3n) is 7.86. The van der Waals surface area contributed by atoms with E-state index in [1.807, 2.05) is 25.6 Å². The topological polar surface area (TPSA) is 77.1 Å². The summed E-state index contributed by atoms with van der Waals surface area (Å²) in [6.45, 7) is 14.6. The fourth-order valence-electron chi connectivity index (χ4n) is 6.08. The van der Waals surface area contributed by atoms with E-state index in [0.717, 1.165) is 73.3 Å². The number of hydrogen-bond donors (Lipinski definition) is 0. The van der Waals surface area contributed by atoms with Gasteiger partial charge in [-0.2, -0.15) is 10.2 Å². The van der Waals surface area contributed by atoms with Crippen LogP contribution in [0.4, 0.5) is 5.82 Å². The summed E-state index contributed by atoms with van der Waals surface area (Å²) in [5.41, 5.74) is 7.39. The third kappa shape index (κ3) is 3.69. The summed E-state index contributed by atoms with van der Waals surface area (Å²) in [6, 6.07) is 0. The molecule has 34 heavy (non-hydrogen) atoms. The zero-order chi connectivity index (χ0) is 23.4. The second kappa shape index (κ2) is 8.30. The molecule has 1 spiro atoms. The van der Waals surface area contributed by atoms with Gasteiger partial charge in [-0.05, 0) is 40.2 Å². The van der Waals surface area contributed by atoms with Gasteiger partial charge in [0.05, 0.1) is 24.6 Å². The van der Waals surface area contributed by atoms with E-state index in [-0.39, 0.29) is 0 Å². The summed E-state index contributed by atoms with van der Waals surface area (Å²) in [4.78, 5) is 14.5. The molecule has 9 heteroatoms. The van der Waals surface area contributed by atoms with Crippen LogP contribution in [0.2, 0.25) is 0 Å². The Labute approximate surface area is 201 Å². The van der Waals surface area contributed by atoms with Crippen LogP contribution in [0.15, 0.2) is 0 Å². The molecule has 0 saturated carbocycles. The molecule has 0 amide bonds. The highest BCUT2D eigenvalue weighted by Gasteiger charge is 2.48. The standard InChI is InChI=1S/C25H36N8O/c1-17-20-12-32(24-23-22(26-19(3)27-24)18(2)28-30(23)4)11-8-21(20)33(29-17)10-7-5-6-9-31-13-25(14-31)15-34-16-25/h5-16H2,1-4H3. The lowest BCUT2D eigenvalue weighted by Gasteiger charge is -2.55. The minimum absolute atomic E-state index is 0.533. The smallest absolute Gasteiger partial charge is 0.158 e. The van der Waals surface area contributed by atoms with Crippen LogP contribution >= 0.6 is 0 Å². The highest BCUT2D eigenvalue weighted by atomic mass is 16.5. The number of hydrogen-bond acceptors (Lipinski definition) is 7. The second-order valence-corrected chi connectivity index (χ2v) is 10.7. The lowest BCUT2D eigenvalue weighted by Crippen LogP contribution is -2.65. The van der Waals surface area contributed by atoms with E-state index in [2.05, 4.69) is 31.5 Å². The molecule has 0 N–H and O–H groups in total. The quantitative estimate of drug-likeness (QED) is 0.497. The first-order chi connectivity index (χ1) is 16.4. The number of nitrogens with zero attached hydrogens (tertiary/aromatic N) is 8. The summed E-state index contributed by atoms with van der Waals surface area (Å²) in [5, 5.41) is 9.53. The zero-order valence-electron chi connectivity index (χ0n) is 21.0. The van der Waals surface area contributed by atoms with Gasteiger partial charge in [-0.15, -0.1) is 0 Å². The monoisotopic (exact) mass is 464 g/mol. The minimum atomic E-state index is 0.533. The summed E-state index contributed by atoms with van der Waals surface area (Å²) in [6.07, 6.45) is 4.73. The van der Waals surface area contributed by atoms with Crippen LogP contribution in [0.25, 0.3) is 11.0 Å². The molecule has 0 radical (unpaired) electrons. The van der Waals surface area contributed by atoms with Crippen LogP contribution in [0.5, 0.6) is 0 Å². The van der Waals surface area contributed by atoms with Gasteiger partial charge in [-0.3, -0.25) is 9.36 Å². The molecule has 2 saturated heterocycles. The average molecular weight is 465 g/mol. The number of rotatable bonds is 7. The molecule has 3 aromatic rings. The first-order valence-electron chi connectivity index (χ1n) is 12.7. The molecule has 0 atom stereocenters. The van der Waals surface area contributed by atoms with Crippen molar-refractivity contribution in [3.63, 3.8) is 0 Å². The highest BCUT2D eigenvalue weighted by molar-refractivity contribution is 5.88. The predicted molar refractivity (Wildman–Crippen MR) is 131 cm³/mol. The van der Waals surface area contributed by atoms with Gasteiger partial charge in [-0.1, -0.05) is 6.42 Å². The van der Waals surface area contributed by atoms with Crippen molar-refractivity contribution in [3.05, 3.63) is 28.5 Å².